The second-order valence-corrected chi connectivity index (χ2v) is 4.30. The van der Waals surface area contributed by atoms with Crippen LogP contribution in [0.1, 0.15) is 23.2 Å². The minimum absolute atomic E-state index is 0.0627. The Balaban J connectivity index is 2.02. The van der Waals surface area contributed by atoms with Crippen molar-refractivity contribution in [1.82, 2.24) is 10.3 Å². The van der Waals surface area contributed by atoms with E-state index in [0.29, 0.717) is 12.2 Å². The topological polar surface area (TPSA) is 91.3 Å². The summed E-state index contributed by atoms with van der Waals surface area (Å²) in [6.45, 7) is 1.61. The maximum absolute atomic E-state index is 11.9. The lowest BCUT2D eigenvalue weighted by Crippen LogP contribution is -2.37. The number of aromatic nitrogens is 1. The highest BCUT2D eigenvalue weighted by Gasteiger charge is 2.21. The first-order valence-corrected chi connectivity index (χ1v) is 5.87. The Morgan fingerprint density at radius 3 is 2.94 bits per heavy atom. The molecule has 1 aromatic rings. The quantitative estimate of drug-likeness (QED) is 0.734. The fraction of sp³-hybridized carbons (Fsp3) is 0.417. The number of carbonyl (C=O) groups excluding carboxylic acids is 1. The van der Waals surface area contributed by atoms with Gasteiger partial charge in [0.2, 0.25) is 5.91 Å². The fourth-order valence-corrected chi connectivity index (χ4v) is 1.95. The number of hydrogen-bond donors (Lipinski definition) is 3. The Kier molecular flexibility index (Phi) is 3.88. The van der Waals surface area contributed by atoms with E-state index >= 15 is 0 Å². The highest BCUT2D eigenvalue weighted by atomic mass is 16.4. The smallest absolute Gasteiger partial charge is 0.337 e. The zero-order valence-electron chi connectivity index (χ0n) is 9.85. The summed E-state index contributed by atoms with van der Waals surface area (Å²) in [5, 5.41) is 14.7. The maximum atomic E-state index is 11.9. The van der Waals surface area contributed by atoms with Crippen molar-refractivity contribution < 1.29 is 14.7 Å². The highest BCUT2D eigenvalue weighted by molar-refractivity contribution is 5.94. The second kappa shape index (κ2) is 5.59. The van der Waals surface area contributed by atoms with Crippen molar-refractivity contribution in [3.8, 4) is 0 Å². The van der Waals surface area contributed by atoms with Crippen LogP contribution in [-0.4, -0.2) is 35.1 Å². The van der Waals surface area contributed by atoms with Gasteiger partial charge >= 0.3 is 5.97 Å². The van der Waals surface area contributed by atoms with Crippen LogP contribution in [0, 0.1) is 5.92 Å². The van der Waals surface area contributed by atoms with Crippen molar-refractivity contribution in [3.63, 3.8) is 0 Å². The molecule has 18 heavy (non-hydrogen) atoms. The highest BCUT2D eigenvalue weighted by Crippen LogP contribution is 2.14. The van der Waals surface area contributed by atoms with E-state index in [2.05, 4.69) is 15.6 Å². The van der Waals surface area contributed by atoms with Crippen molar-refractivity contribution >= 4 is 17.6 Å². The van der Waals surface area contributed by atoms with Crippen LogP contribution in [0.25, 0.3) is 0 Å². The number of pyridine rings is 1. The maximum Gasteiger partial charge on any atom is 0.337 e. The van der Waals surface area contributed by atoms with Gasteiger partial charge in [0.15, 0.2) is 0 Å². The molecule has 1 amide bonds. The van der Waals surface area contributed by atoms with Crippen LogP contribution in [0.4, 0.5) is 5.69 Å². The summed E-state index contributed by atoms with van der Waals surface area (Å²) in [5.74, 6) is -1.21. The van der Waals surface area contributed by atoms with Crippen LogP contribution >= 0.6 is 0 Å². The molecule has 1 aromatic heterocycles. The molecule has 0 unspecified atom stereocenters. The van der Waals surface area contributed by atoms with Crippen LogP contribution in [0.2, 0.25) is 0 Å². The van der Waals surface area contributed by atoms with E-state index in [1.165, 1.54) is 18.5 Å². The molecule has 1 atom stereocenters. The predicted octanol–water partition coefficient (Wildman–Crippen LogP) is 0.718. The summed E-state index contributed by atoms with van der Waals surface area (Å²) in [5.41, 5.74) is 0.486. The molecule has 6 heteroatoms. The van der Waals surface area contributed by atoms with Gasteiger partial charge in [-0.15, -0.1) is 0 Å². The number of carboxylic acid groups (broad SMARTS) is 1. The number of amides is 1. The lowest BCUT2D eigenvalue weighted by atomic mass is 9.99. The number of aromatic carboxylic acids is 1. The van der Waals surface area contributed by atoms with E-state index < -0.39 is 5.97 Å². The molecule has 1 fully saturated rings. The average molecular weight is 249 g/mol. The SMILES string of the molecule is O=C(O)c1cncc(NC(=O)[C@@H]2CCCNC2)c1. The van der Waals surface area contributed by atoms with E-state index in [9.17, 15) is 9.59 Å². The van der Waals surface area contributed by atoms with Gasteiger partial charge in [0.25, 0.3) is 0 Å². The van der Waals surface area contributed by atoms with Gasteiger partial charge in [-0.05, 0) is 25.5 Å². The number of carbonyl (C=O) groups is 2. The standard InChI is InChI=1S/C12H15N3O3/c16-11(8-2-1-3-13-5-8)15-10-4-9(12(17)18)6-14-7-10/h4,6-8,13H,1-3,5H2,(H,15,16)(H,17,18)/t8-/m1/s1. The third-order valence-corrected chi connectivity index (χ3v) is 2.92. The first-order valence-electron chi connectivity index (χ1n) is 5.87. The van der Waals surface area contributed by atoms with Crippen LogP contribution in [0.3, 0.4) is 0 Å². The number of hydrogen-bond acceptors (Lipinski definition) is 4. The lowest BCUT2D eigenvalue weighted by Gasteiger charge is -2.21. The number of rotatable bonds is 3. The van der Waals surface area contributed by atoms with Gasteiger partial charge < -0.3 is 15.7 Å². The predicted molar refractivity (Wildman–Crippen MR) is 65.4 cm³/mol. The molecule has 96 valence electrons. The summed E-state index contributed by atoms with van der Waals surface area (Å²) in [4.78, 5) is 26.5. The number of anilines is 1. The van der Waals surface area contributed by atoms with Gasteiger partial charge in [0.05, 0.1) is 23.4 Å². The first kappa shape index (κ1) is 12.5. The minimum Gasteiger partial charge on any atom is -0.478 e. The Labute approximate surface area is 104 Å². The molecule has 0 aromatic carbocycles. The normalized spacial score (nSPS) is 19.2. The molecule has 0 saturated carbocycles. The van der Waals surface area contributed by atoms with Gasteiger partial charge in [-0.25, -0.2) is 4.79 Å². The van der Waals surface area contributed by atoms with Crippen LogP contribution < -0.4 is 10.6 Å². The first-order chi connectivity index (χ1) is 8.66. The summed E-state index contributed by atoms with van der Waals surface area (Å²) in [6.07, 6.45) is 4.52. The van der Waals surface area contributed by atoms with Crippen molar-refractivity contribution in [2.45, 2.75) is 12.8 Å². The molecule has 2 heterocycles. The number of carboxylic acids is 1. The largest absolute Gasteiger partial charge is 0.478 e. The van der Waals surface area contributed by atoms with Crippen molar-refractivity contribution in [1.29, 1.82) is 0 Å². The van der Waals surface area contributed by atoms with E-state index in [1.54, 1.807) is 0 Å². The molecule has 1 aliphatic rings. The number of nitrogens with one attached hydrogen (secondary N) is 2. The molecule has 0 radical (unpaired) electrons. The van der Waals surface area contributed by atoms with E-state index in [-0.39, 0.29) is 17.4 Å². The molecule has 3 N–H and O–H groups in total. The summed E-state index contributed by atoms with van der Waals surface area (Å²) in [6, 6.07) is 1.41. The molecule has 0 aliphatic carbocycles. The van der Waals surface area contributed by atoms with Crippen LogP contribution in [0.15, 0.2) is 18.5 Å². The lowest BCUT2D eigenvalue weighted by molar-refractivity contribution is -0.120. The molecule has 0 spiro atoms. The van der Waals surface area contributed by atoms with Crippen molar-refractivity contribution in [2.24, 2.45) is 5.92 Å². The van der Waals surface area contributed by atoms with E-state index in [1.807, 2.05) is 0 Å². The zero-order valence-corrected chi connectivity index (χ0v) is 9.85. The summed E-state index contributed by atoms with van der Waals surface area (Å²) >= 11 is 0. The second-order valence-electron chi connectivity index (χ2n) is 4.30. The fourth-order valence-electron chi connectivity index (χ4n) is 1.95. The molecule has 2 rings (SSSR count). The van der Waals surface area contributed by atoms with Crippen LogP contribution in [0.5, 0.6) is 0 Å². The third-order valence-electron chi connectivity index (χ3n) is 2.92. The zero-order chi connectivity index (χ0) is 13.0. The van der Waals surface area contributed by atoms with E-state index in [4.69, 9.17) is 5.11 Å². The molecule has 6 nitrogen and oxygen atoms in total. The Bertz CT molecular complexity index is 456. The van der Waals surface area contributed by atoms with Gasteiger partial charge in [0, 0.05) is 12.7 Å². The third kappa shape index (κ3) is 3.04. The van der Waals surface area contributed by atoms with Crippen molar-refractivity contribution in [3.05, 3.63) is 24.0 Å². The van der Waals surface area contributed by atoms with Gasteiger partial charge in [0.1, 0.15) is 0 Å². The monoisotopic (exact) mass is 249 g/mol. The van der Waals surface area contributed by atoms with Crippen molar-refractivity contribution in [2.75, 3.05) is 18.4 Å². The van der Waals surface area contributed by atoms with Gasteiger partial charge in [-0.2, -0.15) is 0 Å². The Morgan fingerprint density at radius 2 is 2.28 bits per heavy atom. The Hall–Kier alpha value is -1.95. The molecule has 1 aliphatic heterocycles. The average Bonchev–Trinajstić information content (AvgIpc) is 2.40. The molecule has 0 bridgehead atoms. The van der Waals surface area contributed by atoms with E-state index in [0.717, 1.165) is 19.4 Å². The Morgan fingerprint density at radius 1 is 1.44 bits per heavy atom. The summed E-state index contributed by atoms with van der Waals surface area (Å²) in [7, 11) is 0. The number of piperidine rings is 1. The van der Waals surface area contributed by atoms with Gasteiger partial charge in [-0.3, -0.25) is 9.78 Å². The van der Waals surface area contributed by atoms with Gasteiger partial charge in [-0.1, -0.05) is 0 Å². The molecule has 1 saturated heterocycles. The molecular weight excluding hydrogens is 234 g/mol. The summed E-state index contributed by atoms with van der Waals surface area (Å²) < 4.78 is 0. The minimum atomic E-state index is -1.06. The van der Waals surface area contributed by atoms with Crippen LogP contribution in [-0.2, 0) is 4.79 Å². The molecular formula is C12H15N3O3. The number of nitrogens with zero attached hydrogens (tertiary/aromatic N) is 1.